The Labute approximate surface area is 129 Å². The second-order valence-corrected chi connectivity index (χ2v) is 6.86. The van der Waals surface area contributed by atoms with Crippen molar-refractivity contribution in [3.8, 4) is 0 Å². The summed E-state index contributed by atoms with van der Waals surface area (Å²) in [6.45, 7) is 11.4. The summed E-state index contributed by atoms with van der Waals surface area (Å²) in [5, 5.41) is 3.21. The van der Waals surface area contributed by atoms with E-state index in [-0.39, 0.29) is 18.1 Å². The van der Waals surface area contributed by atoms with Crippen molar-refractivity contribution >= 4 is 17.2 Å². The lowest BCUT2D eigenvalue weighted by molar-refractivity contribution is -0.126. The summed E-state index contributed by atoms with van der Waals surface area (Å²) in [5.74, 6) is 0.0393. The SMILES string of the molecule is C=C(C)C(=O)N1C[C@@H]2OCCN(Cc3csc(C)n3)[C@H]2C1. The first kappa shape index (κ1) is 14.7. The number of ether oxygens (including phenoxy) is 1. The van der Waals surface area contributed by atoms with Gasteiger partial charge in [0.05, 0.1) is 29.5 Å². The van der Waals surface area contributed by atoms with Crippen molar-refractivity contribution in [2.45, 2.75) is 32.5 Å². The maximum atomic E-state index is 12.1. The van der Waals surface area contributed by atoms with E-state index in [4.69, 9.17) is 4.74 Å². The van der Waals surface area contributed by atoms with Crippen molar-refractivity contribution in [1.29, 1.82) is 0 Å². The zero-order valence-corrected chi connectivity index (χ0v) is 13.4. The van der Waals surface area contributed by atoms with Gasteiger partial charge in [-0.1, -0.05) is 6.58 Å². The van der Waals surface area contributed by atoms with Crippen LogP contribution in [0.25, 0.3) is 0 Å². The lowest BCUT2D eigenvalue weighted by Crippen LogP contribution is -2.50. The average Bonchev–Trinajstić information content (AvgIpc) is 3.04. The van der Waals surface area contributed by atoms with E-state index in [2.05, 4.69) is 21.8 Å². The number of aromatic nitrogens is 1. The molecular weight excluding hydrogens is 286 g/mol. The van der Waals surface area contributed by atoms with Crippen LogP contribution in [0.15, 0.2) is 17.5 Å². The second kappa shape index (κ2) is 5.87. The molecular formula is C15H21N3O2S. The summed E-state index contributed by atoms with van der Waals surface area (Å²) < 4.78 is 5.85. The quantitative estimate of drug-likeness (QED) is 0.793. The highest BCUT2D eigenvalue weighted by Gasteiger charge is 2.41. The lowest BCUT2D eigenvalue weighted by Gasteiger charge is -2.36. The summed E-state index contributed by atoms with van der Waals surface area (Å²) in [5.41, 5.74) is 1.71. The molecule has 3 rings (SSSR count). The van der Waals surface area contributed by atoms with Crippen LogP contribution in [-0.2, 0) is 16.1 Å². The summed E-state index contributed by atoms with van der Waals surface area (Å²) in [6.07, 6.45) is 0.113. The van der Waals surface area contributed by atoms with Gasteiger partial charge in [0, 0.05) is 37.1 Å². The first-order chi connectivity index (χ1) is 10.0. The highest BCUT2D eigenvalue weighted by atomic mass is 32.1. The van der Waals surface area contributed by atoms with Crippen LogP contribution in [0.2, 0.25) is 0 Å². The smallest absolute Gasteiger partial charge is 0.249 e. The molecule has 1 aromatic heterocycles. The van der Waals surface area contributed by atoms with Crippen molar-refractivity contribution in [3.05, 3.63) is 28.2 Å². The number of nitrogens with zero attached hydrogens (tertiary/aromatic N) is 3. The number of hydrogen-bond donors (Lipinski definition) is 0. The standard InChI is InChI=1S/C15H21N3O2S/c1-10(2)15(19)18-7-13-14(8-18)20-5-4-17(13)6-12-9-21-11(3)16-12/h9,13-14H,1,4-8H2,2-3H3/t13-,14-/m0/s1. The Bertz CT molecular complexity index is 557. The monoisotopic (exact) mass is 307 g/mol. The van der Waals surface area contributed by atoms with Gasteiger partial charge in [0.1, 0.15) is 0 Å². The zero-order chi connectivity index (χ0) is 15.0. The fraction of sp³-hybridized carbons (Fsp3) is 0.600. The third kappa shape index (κ3) is 3.02. The highest BCUT2D eigenvalue weighted by molar-refractivity contribution is 7.09. The molecule has 2 atom stereocenters. The number of fused-ring (bicyclic) bond motifs is 1. The van der Waals surface area contributed by atoms with Gasteiger partial charge in [0.25, 0.3) is 0 Å². The predicted molar refractivity (Wildman–Crippen MR) is 82.2 cm³/mol. The number of carbonyl (C=O) groups is 1. The lowest BCUT2D eigenvalue weighted by atomic mass is 10.1. The van der Waals surface area contributed by atoms with Crippen LogP contribution in [0.5, 0.6) is 0 Å². The largest absolute Gasteiger partial charge is 0.373 e. The number of thiazole rings is 1. The summed E-state index contributed by atoms with van der Waals surface area (Å²) in [4.78, 5) is 20.9. The fourth-order valence-corrected chi connectivity index (χ4v) is 3.68. The first-order valence-electron chi connectivity index (χ1n) is 7.26. The van der Waals surface area contributed by atoms with Gasteiger partial charge >= 0.3 is 0 Å². The molecule has 0 bridgehead atoms. The Hall–Kier alpha value is -1.24. The third-order valence-electron chi connectivity index (χ3n) is 4.10. The van der Waals surface area contributed by atoms with E-state index in [0.29, 0.717) is 12.1 Å². The molecule has 0 aromatic carbocycles. The molecule has 0 unspecified atom stereocenters. The molecule has 0 spiro atoms. The molecule has 0 N–H and O–H groups in total. The number of aryl methyl sites for hydroxylation is 1. The number of morpholine rings is 1. The zero-order valence-electron chi connectivity index (χ0n) is 12.5. The molecule has 0 radical (unpaired) electrons. The van der Waals surface area contributed by atoms with E-state index < -0.39 is 0 Å². The van der Waals surface area contributed by atoms with Gasteiger partial charge < -0.3 is 9.64 Å². The summed E-state index contributed by atoms with van der Waals surface area (Å²) in [7, 11) is 0. The van der Waals surface area contributed by atoms with Gasteiger partial charge in [0.2, 0.25) is 5.91 Å². The van der Waals surface area contributed by atoms with Crippen molar-refractivity contribution in [1.82, 2.24) is 14.8 Å². The average molecular weight is 307 g/mol. The van der Waals surface area contributed by atoms with E-state index in [9.17, 15) is 4.79 Å². The molecule has 114 valence electrons. The third-order valence-corrected chi connectivity index (χ3v) is 4.92. The van der Waals surface area contributed by atoms with E-state index in [1.54, 1.807) is 18.3 Å². The Balaban J connectivity index is 1.69. The van der Waals surface area contributed by atoms with E-state index in [0.717, 1.165) is 36.9 Å². The molecule has 0 saturated carbocycles. The number of rotatable bonds is 3. The molecule has 2 fully saturated rings. The molecule has 0 aliphatic carbocycles. The van der Waals surface area contributed by atoms with Crippen LogP contribution in [0.1, 0.15) is 17.6 Å². The Morgan fingerprint density at radius 3 is 3.05 bits per heavy atom. The Morgan fingerprint density at radius 1 is 1.57 bits per heavy atom. The van der Waals surface area contributed by atoms with Gasteiger partial charge in [-0.05, 0) is 13.8 Å². The van der Waals surface area contributed by atoms with Crippen LogP contribution >= 0.6 is 11.3 Å². The van der Waals surface area contributed by atoms with E-state index in [1.807, 2.05) is 11.8 Å². The van der Waals surface area contributed by atoms with Crippen LogP contribution in [0.4, 0.5) is 0 Å². The summed E-state index contributed by atoms with van der Waals surface area (Å²) in [6, 6.07) is 0.268. The normalized spacial score (nSPS) is 25.9. The first-order valence-corrected chi connectivity index (χ1v) is 8.14. The molecule has 5 nitrogen and oxygen atoms in total. The molecule has 1 aromatic rings. The number of hydrogen-bond acceptors (Lipinski definition) is 5. The molecule has 2 aliphatic rings. The van der Waals surface area contributed by atoms with E-state index >= 15 is 0 Å². The fourth-order valence-electron chi connectivity index (χ4n) is 3.08. The van der Waals surface area contributed by atoms with Gasteiger partial charge in [-0.15, -0.1) is 11.3 Å². The van der Waals surface area contributed by atoms with Crippen LogP contribution in [-0.4, -0.2) is 59.1 Å². The molecule has 2 saturated heterocycles. The number of likely N-dealkylation sites (tertiary alicyclic amines) is 1. The Kier molecular flexibility index (Phi) is 4.10. The van der Waals surface area contributed by atoms with Gasteiger partial charge in [0.15, 0.2) is 0 Å². The number of carbonyl (C=O) groups excluding carboxylic acids is 1. The van der Waals surface area contributed by atoms with Gasteiger partial charge in [-0.25, -0.2) is 4.98 Å². The maximum absolute atomic E-state index is 12.1. The minimum atomic E-state index is 0.0393. The van der Waals surface area contributed by atoms with Gasteiger partial charge in [-0.2, -0.15) is 0 Å². The maximum Gasteiger partial charge on any atom is 0.249 e. The molecule has 6 heteroatoms. The molecule has 3 heterocycles. The summed E-state index contributed by atoms with van der Waals surface area (Å²) >= 11 is 1.68. The van der Waals surface area contributed by atoms with E-state index in [1.165, 1.54) is 0 Å². The molecule has 1 amide bonds. The van der Waals surface area contributed by atoms with Crippen molar-refractivity contribution in [3.63, 3.8) is 0 Å². The molecule has 21 heavy (non-hydrogen) atoms. The van der Waals surface area contributed by atoms with Crippen molar-refractivity contribution < 1.29 is 9.53 Å². The Morgan fingerprint density at radius 2 is 2.38 bits per heavy atom. The van der Waals surface area contributed by atoms with Crippen molar-refractivity contribution in [2.24, 2.45) is 0 Å². The van der Waals surface area contributed by atoms with Crippen molar-refractivity contribution in [2.75, 3.05) is 26.2 Å². The minimum Gasteiger partial charge on any atom is -0.373 e. The molecule has 2 aliphatic heterocycles. The second-order valence-electron chi connectivity index (χ2n) is 5.80. The van der Waals surface area contributed by atoms with Crippen LogP contribution in [0.3, 0.4) is 0 Å². The topological polar surface area (TPSA) is 45.7 Å². The number of amides is 1. The van der Waals surface area contributed by atoms with Gasteiger partial charge in [-0.3, -0.25) is 9.69 Å². The minimum absolute atomic E-state index is 0.0393. The highest BCUT2D eigenvalue weighted by Crippen LogP contribution is 2.25. The predicted octanol–water partition coefficient (Wildman–Crippen LogP) is 1.44. The van der Waals surface area contributed by atoms with Crippen LogP contribution in [0, 0.1) is 6.92 Å². The van der Waals surface area contributed by atoms with Crippen LogP contribution < -0.4 is 0 Å².